The fourth-order valence-electron chi connectivity index (χ4n) is 2.19. The predicted molar refractivity (Wildman–Crippen MR) is 85.1 cm³/mol. The lowest BCUT2D eigenvalue weighted by Crippen LogP contribution is -2.43. The average Bonchev–Trinajstić information content (AvgIpc) is 2.65. The second-order valence-electron chi connectivity index (χ2n) is 4.97. The van der Waals surface area contributed by atoms with E-state index in [1.807, 2.05) is 0 Å². The second kappa shape index (κ2) is 8.56. The SMILES string of the molecule is COc1cc(C=C(C#N)C#N)ccc1OCC(=O)N1CCOCC1. The maximum absolute atomic E-state index is 12.1. The van der Waals surface area contributed by atoms with Crippen molar-refractivity contribution in [2.75, 3.05) is 40.0 Å². The Hall–Kier alpha value is -3.03. The van der Waals surface area contributed by atoms with Crippen LogP contribution in [0.15, 0.2) is 23.8 Å². The molecule has 0 bridgehead atoms. The van der Waals surface area contributed by atoms with Gasteiger partial charge in [0.2, 0.25) is 0 Å². The zero-order chi connectivity index (χ0) is 17.4. The van der Waals surface area contributed by atoms with Gasteiger partial charge in [-0.3, -0.25) is 4.79 Å². The molecule has 0 aromatic heterocycles. The van der Waals surface area contributed by atoms with E-state index in [1.54, 1.807) is 35.2 Å². The van der Waals surface area contributed by atoms with E-state index in [2.05, 4.69) is 0 Å². The van der Waals surface area contributed by atoms with Crippen molar-refractivity contribution in [3.05, 3.63) is 29.3 Å². The van der Waals surface area contributed by atoms with Gasteiger partial charge in [-0.15, -0.1) is 0 Å². The molecule has 0 unspecified atom stereocenters. The van der Waals surface area contributed by atoms with Crippen molar-refractivity contribution in [2.45, 2.75) is 0 Å². The highest BCUT2D eigenvalue weighted by Gasteiger charge is 2.18. The molecule has 1 heterocycles. The van der Waals surface area contributed by atoms with E-state index >= 15 is 0 Å². The lowest BCUT2D eigenvalue weighted by Gasteiger charge is -2.26. The largest absolute Gasteiger partial charge is 0.493 e. The van der Waals surface area contributed by atoms with Crippen LogP contribution in [0.2, 0.25) is 0 Å². The van der Waals surface area contributed by atoms with Crippen molar-refractivity contribution in [3.63, 3.8) is 0 Å². The summed E-state index contributed by atoms with van der Waals surface area (Å²) in [5, 5.41) is 17.6. The molecule has 0 saturated carbocycles. The maximum Gasteiger partial charge on any atom is 0.260 e. The lowest BCUT2D eigenvalue weighted by atomic mass is 10.1. The minimum atomic E-state index is -0.111. The van der Waals surface area contributed by atoms with Crippen LogP contribution in [-0.4, -0.2) is 50.8 Å². The molecule has 7 heteroatoms. The molecule has 1 fully saturated rings. The summed E-state index contributed by atoms with van der Waals surface area (Å²) in [5.74, 6) is 0.737. The number of hydrogen-bond acceptors (Lipinski definition) is 6. The van der Waals surface area contributed by atoms with E-state index in [-0.39, 0.29) is 18.1 Å². The first-order valence-electron chi connectivity index (χ1n) is 7.36. The molecule has 0 N–H and O–H groups in total. The highest BCUT2D eigenvalue weighted by Crippen LogP contribution is 2.29. The smallest absolute Gasteiger partial charge is 0.260 e. The number of allylic oxidation sites excluding steroid dienone is 1. The van der Waals surface area contributed by atoms with E-state index in [9.17, 15) is 4.79 Å². The van der Waals surface area contributed by atoms with Crippen LogP contribution in [0.1, 0.15) is 5.56 Å². The van der Waals surface area contributed by atoms with Gasteiger partial charge >= 0.3 is 0 Å². The summed E-state index contributed by atoms with van der Waals surface area (Å²) in [7, 11) is 1.48. The summed E-state index contributed by atoms with van der Waals surface area (Å²) in [5.41, 5.74) is 0.630. The normalized spacial score (nSPS) is 13.4. The Labute approximate surface area is 140 Å². The quantitative estimate of drug-likeness (QED) is 0.758. The number of carbonyl (C=O) groups excluding carboxylic acids is 1. The van der Waals surface area contributed by atoms with E-state index in [0.29, 0.717) is 43.4 Å². The maximum atomic E-state index is 12.1. The number of carbonyl (C=O) groups is 1. The molecular weight excluding hydrogens is 310 g/mol. The first kappa shape index (κ1) is 17.3. The Kier molecular flexibility index (Phi) is 6.18. The van der Waals surface area contributed by atoms with Gasteiger partial charge in [-0.25, -0.2) is 0 Å². The van der Waals surface area contributed by atoms with Crippen LogP contribution in [0.5, 0.6) is 11.5 Å². The van der Waals surface area contributed by atoms with Crippen LogP contribution < -0.4 is 9.47 Å². The number of amides is 1. The summed E-state index contributed by atoms with van der Waals surface area (Å²) >= 11 is 0. The van der Waals surface area contributed by atoms with E-state index in [0.717, 1.165) is 0 Å². The summed E-state index contributed by atoms with van der Waals surface area (Å²) < 4.78 is 16.0. The van der Waals surface area contributed by atoms with Gasteiger partial charge in [0.15, 0.2) is 18.1 Å². The minimum Gasteiger partial charge on any atom is -0.493 e. The Morgan fingerprint density at radius 1 is 1.29 bits per heavy atom. The minimum absolute atomic E-state index is 0.00628. The molecule has 2 rings (SSSR count). The van der Waals surface area contributed by atoms with Crippen molar-refractivity contribution in [3.8, 4) is 23.6 Å². The number of nitrogens with zero attached hydrogens (tertiary/aromatic N) is 3. The number of nitriles is 2. The highest BCUT2D eigenvalue weighted by molar-refractivity contribution is 5.78. The van der Waals surface area contributed by atoms with Crippen molar-refractivity contribution in [1.82, 2.24) is 4.90 Å². The topological polar surface area (TPSA) is 95.6 Å². The molecule has 1 amide bonds. The number of morpholine rings is 1. The molecule has 124 valence electrons. The zero-order valence-corrected chi connectivity index (χ0v) is 13.3. The molecule has 1 aromatic carbocycles. The fraction of sp³-hybridized carbons (Fsp3) is 0.353. The molecule has 0 radical (unpaired) electrons. The monoisotopic (exact) mass is 327 g/mol. The molecule has 1 aromatic rings. The van der Waals surface area contributed by atoms with Gasteiger partial charge in [-0.05, 0) is 23.8 Å². The average molecular weight is 327 g/mol. The van der Waals surface area contributed by atoms with Gasteiger partial charge in [0, 0.05) is 13.1 Å². The van der Waals surface area contributed by atoms with Crippen molar-refractivity contribution in [1.29, 1.82) is 10.5 Å². The number of methoxy groups -OCH3 is 1. The molecule has 0 aliphatic carbocycles. The molecule has 24 heavy (non-hydrogen) atoms. The first-order chi connectivity index (χ1) is 11.7. The van der Waals surface area contributed by atoms with Crippen LogP contribution in [0.3, 0.4) is 0 Å². The Morgan fingerprint density at radius 2 is 2.00 bits per heavy atom. The molecule has 1 aliphatic rings. The third kappa shape index (κ3) is 4.48. The van der Waals surface area contributed by atoms with Gasteiger partial charge in [-0.2, -0.15) is 10.5 Å². The lowest BCUT2D eigenvalue weighted by molar-refractivity contribution is -0.137. The molecule has 1 saturated heterocycles. The second-order valence-corrected chi connectivity index (χ2v) is 4.97. The van der Waals surface area contributed by atoms with Gasteiger partial charge < -0.3 is 19.1 Å². The van der Waals surface area contributed by atoms with Gasteiger partial charge in [0.05, 0.1) is 20.3 Å². The van der Waals surface area contributed by atoms with Crippen LogP contribution >= 0.6 is 0 Å². The molecule has 7 nitrogen and oxygen atoms in total. The summed E-state index contributed by atoms with van der Waals surface area (Å²) in [6.07, 6.45) is 1.45. The highest BCUT2D eigenvalue weighted by atomic mass is 16.5. The van der Waals surface area contributed by atoms with Crippen LogP contribution in [0.25, 0.3) is 6.08 Å². The van der Waals surface area contributed by atoms with E-state index < -0.39 is 0 Å². The van der Waals surface area contributed by atoms with Gasteiger partial charge in [0.1, 0.15) is 17.7 Å². The van der Waals surface area contributed by atoms with Crippen molar-refractivity contribution in [2.24, 2.45) is 0 Å². The Balaban J connectivity index is 2.05. The molecule has 0 spiro atoms. The Bertz CT molecular complexity index is 694. The van der Waals surface area contributed by atoms with Crippen LogP contribution in [-0.2, 0) is 9.53 Å². The first-order valence-corrected chi connectivity index (χ1v) is 7.36. The van der Waals surface area contributed by atoms with E-state index in [4.69, 9.17) is 24.7 Å². The number of hydrogen-bond donors (Lipinski definition) is 0. The molecule has 1 aliphatic heterocycles. The summed E-state index contributed by atoms with van der Waals surface area (Å²) in [4.78, 5) is 13.8. The van der Waals surface area contributed by atoms with Gasteiger partial charge in [0.25, 0.3) is 5.91 Å². The number of benzene rings is 1. The predicted octanol–water partition coefficient (Wildman–Crippen LogP) is 1.36. The molecule has 0 atom stereocenters. The van der Waals surface area contributed by atoms with Crippen molar-refractivity contribution < 1.29 is 19.0 Å². The van der Waals surface area contributed by atoms with Crippen LogP contribution in [0.4, 0.5) is 0 Å². The Morgan fingerprint density at radius 3 is 2.62 bits per heavy atom. The third-order valence-electron chi connectivity index (χ3n) is 3.45. The third-order valence-corrected chi connectivity index (χ3v) is 3.45. The zero-order valence-electron chi connectivity index (χ0n) is 13.3. The van der Waals surface area contributed by atoms with Gasteiger partial charge in [-0.1, -0.05) is 6.07 Å². The number of rotatable bonds is 5. The van der Waals surface area contributed by atoms with Crippen molar-refractivity contribution >= 4 is 12.0 Å². The number of ether oxygens (including phenoxy) is 3. The fourth-order valence-corrected chi connectivity index (χ4v) is 2.19. The van der Waals surface area contributed by atoms with E-state index in [1.165, 1.54) is 13.2 Å². The molecular formula is C17H17N3O4. The summed E-state index contributed by atoms with van der Waals surface area (Å²) in [6, 6.07) is 8.56. The summed E-state index contributed by atoms with van der Waals surface area (Å²) in [6.45, 7) is 2.11. The van der Waals surface area contributed by atoms with Crippen LogP contribution in [0, 0.1) is 22.7 Å². The standard InChI is InChI=1S/C17H17N3O4/c1-22-16-9-13(8-14(10-18)11-19)2-3-15(16)24-12-17(21)20-4-6-23-7-5-20/h2-3,8-9H,4-7,12H2,1H3.